The zero-order chi connectivity index (χ0) is 16.0. The van der Waals surface area contributed by atoms with E-state index in [0.717, 1.165) is 31.3 Å². The van der Waals surface area contributed by atoms with Gasteiger partial charge in [-0.2, -0.15) is 0 Å². The van der Waals surface area contributed by atoms with Crippen molar-refractivity contribution in [2.75, 3.05) is 13.1 Å². The van der Waals surface area contributed by atoms with Crippen molar-refractivity contribution in [3.05, 3.63) is 24.1 Å². The second-order valence-corrected chi connectivity index (χ2v) is 8.43. The molecule has 1 heterocycles. The van der Waals surface area contributed by atoms with Crippen LogP contribution in [0.3, 0.4) is 0 Å². The van der Waals surface area contributed by atoms with Crippen LogP contribution in [0.25, 0.3) is 0 Å². The van der Waals surface area contributed by atoms with Gasteiger partial charge in [-0.1, -0.05) is 26.5 Å². The van der Waals surface area contributed by atoms with E-state index in [1.807, 2.05) is 4.90 Å². The Labute approximate surface area is 128 Å². The smallest absolute Gasteiger partial charge is 0.246 e. The Kier molecular flexibility index (Phi) is 6.65. The summed E-state index contributed by atoms with van der Waals surface area (Å²) in [5.74, 6) is 1.36. The predicted octanol–water partition coefficient (Wildman–Crippen LogP) is 2.77. The molecule has 1 unspecified atom stereocenters. The first-order valence-electron chi connectivity index (χ1n) is 7.59. The highest BCUT2D eigenvalue weighted by Gasteiger charge is 2.23. The minimum atomic E-state index is -3.25. The zero-order valence-electron chi connectivity index (χ0n) is 13.3. The molecule has 1 aliphatic rings. The van der Waals surface area contributed by atoms with Crippen LogP contribution >= 0.6 is 0 Å². The maximum atomic E-state index is 12.0. The summed E-state index contributed by atoms with van der Waals surface area (Å²) in [6.07, 6.45) is 5.60. The first-order chi connectivity index (χ1) is 9.77. The maximum absolute atomic E-state index is 12.0. The Hall–Kier alpha value is -1.10. The van der Waals surface area contributed by atoms with Gasteiger partial charge in [-0.25, -0.2) is 8.42 Å². The number of hydrogen-bond acceptors (Lipinski definition) is 3. The number of carbonyl (C=O) groups is 1. The number of nitrogens with zero attached hydrogens (tertiary/aromatic N) is 1. The molecular weight excluding hydrogens is 286 g/mol. The molecule has 0 aromatic carbocycles. The van der Waals surface area contributed by atoms with Crippen molar-refractivity contribution in [1.29, 1.82) is 0 Å². The Bertz CT molecular complexity index is 486. The first-order valence-corrected chi connectivity index (χ1v) is 9.20. The number of allylic oxidation sites excluding steroid dienone is 1. The van der Waals surface area contributed by atoms with Crippen LogP contribution in [0, 0.1) is 11.8 Å². The summed E-state index contributed by atoms with van der Waals surface area (Å²) in [4.78, 5) is 13.9. The molecule has 1 atom stereocenters. The van der Waals surface area contributed by atoms with Gasteiger partial charge in [0.05, 0.1) is 5.25 Å². The molecule has 1 rings (SSSR count). The van der Waals surface area contributed by atoms with Crippen molar-refractivity contribution in [3.8, 4) is 0 Å². The fraction of sp³-hybridized carbons (Fsp3) is 0.688. The lowest BCUT2D eigenvalue weighted by Gasteiger charge is -2.33. The van der Waals surface area contributed by atoms with Gasteiger partial charge in [0, 0.05) is 18.5 Å². The van der Waals surface area contributed by atoms with Crippen LogP contribution in [-0.2, 0) is 14.6 Å². The molecule has 120 valence electrons. The first kappa shape index (κ1) is 18.0. The zero-order valence-corrected chi connectivity index (χ0v) is 14.1. The molecule has 5 heteroatoms. The van der Waals surface area contributed by atoms with Crippen molar-refractivity contribution in [3.63, 3.8) is 0 Å². The van der Waals surface area contributed by atoms with Gasteiger partial charge >= 0.3 is 0 Å². The quantitative estimate of drug-likeness (QED) is 0.709. The van der Waals surface area contributed by atoms with Crippen molar-refractivity contribution in [1.82, 2.24) is 4.90 Å². The van der Waals surface area contributed by atoms with E-state index in [-0.39, 0.29) is 5.91 Å². The minimum Gasteiger partial charge on any atom is -0.339 e. The molecule has 1 fully saturated rings. The molecule has 0 N–H and O–H groups in total. The topological polar surface area (TPSA) is 54.5 Å². The summed E-state index contributed by atoms with van der Waals surface area (Å²) in [6, 6.07) is 0. The van der Waals surface area contributed by atoms with Crippen molar-refractivity contribution in [2.45, 2.75) is 45.3 Å². The van der Waals surface area contributed by atoms with Crippen LogP contribution in [0.2, 0.25) is 0 Å². The van der Waals surface area contributed by atoms with Crippen LogP contribution in [0.1, 0.15) is 40.0 Å². The molecular formula is C16H27NO3S. The van der Waals surface area contributed by atoms with Gasteiger partial charge in [0.1, 0.15) is 0 Å². The van der Waals surface area contributed by atoms with Crippen molar-refractivity contribution in [2.24, 2.45) is 11.8 Å². The average molecular weight is 313 g/mol. The number of sulfone groups is 1. The number of carbonyl (C=O) groups excluding carboxylic acids is 1. The number of piperidine rings is 1. The van der Waals surface area contributed by atoms with E-state index in [1.165, 1.54) is 6.08 Å². The fourth-order valence-electron chi connectivity index (χ4n) is 2.55. The van der Waals surface area contributed by atoms with E-state index in [0.29, 0.717) is 18.3 Å². The van der Waals surface area contributed by atoms with Gasteiger partial charge in [-0.3, -0.25) is 4.79 Å². The Morgan fingerprint density at radius 3 is 2.33 bits per heavy atom. The summed E-state index contributed by atoms with van der Waals surface area (Å²) in [7, 11) is -3.25. The largest absolute Gasteiger partial charge is 0.339 e. The molecule has 4 nitrogen and oxygen atoms in total. The summed E-state index contributed by atoms with van der Waals surface area (Å²) >= 11 is 0. The second kappa shape index (κ2) is 7.78. The van der Waals surface area contributed by atoms with E-state index in [2.05, 4.69) is 20.4 Å². The van der Waals surface area contributed by atoms with E-state index >= 15 is 0 Å². The van der Waals surface area contributed by atoms with Gasteiger partial charge < -0.3 is 4.90 Å². The van der Waals surface area contributed by atoms with Crippen molar-refractivity contribution < 1.29 is 13.2 Å². The summed E-state index contributed by atoms with van der Waals surface area (Å²) in [5.41, 5.74) is 0. The van der Waals surface area contributed by atoms with Gasteiger partial charge in [0.2, 0.25) is 5.91 Å². The third kappa shape index (κ3) is 5.30. The number of likely N-dealkylation sites (tertiary alicyclic amines) is 1. The van der Waals surface area contributed by atoms with Crippen LogP contribution in [0.15, 0.2) is 24.1 Å². The van der Waals surface area contributed by atoms with E-state index in [1.54, 1.807) is 13.0 Å². The molecule has 1 amide bonds. The van der Waals surface area contributed by atoms with Crippen LogP contribution in [-0.4, -0.2) is 37.6 Å². The fourth-order valence-corrected chi connectivity index (χ4v) is 3.26. The molecule has 1 saturated heterocycles. The van der Waals surface area contributed by atoms with Gasteiger partial charge in [-0.15, -0.1) is 0 Å². The molecule has 0 spiro atoms. The molecule has 0 aliphatic carbocycles. The molecule has 0 aromatic heterocycles. The molecule has 21 heavy (non-hydrogen) atoms. The Morgan fingerprint density at radius 2 is 1.86 bits per heavy atom. The molecule has 0 aromatic rings. The lowest BCUT2D eigenvalue weighted by molar-refractivity contribution is -0.127. The molecule has 0 radical (unpaired) electrons. The van der Waals surface area contributed by atoms with Crippen LogP contribution in [0.5, 0.6) is 0 Å². The highest BCUT2D eigenvalue weighted by atomic mass is 32.2. The van der Waals surface area contributed by atoms with E-state index in [9.17, 15) is 13.2 Å². The Balaban J connectivity index is 2.44. The Morgan fingerprint density at radius 1 is 1.29 bits per heavy atom. The predicted molar refractivity (Wildman–Crippen MR) is 86.5 cm³/mol. The van der Waals surface area contributed by atoms with Crippen molar-refractivity contribution >= 4 is 15.7 Å². The standard InChI is InChI=1S/C16H27NO3S/c1-5-21(19,20)14(4)7-6-8-16(18)17-11-9-15(10-12-17)13(2)3/h5-6,8,13-15H,1,7,9-12H2,2-4H3/b8-6+. The highest BCUT2D eigenvalue weighted by molar-refractivity contribution is 7.94. The second-order valence-electron chi connectivity index (χ2n) is 6.11. The van der Waals surface area contributed by atoms with Gasteiger partial charge in [0.25, 0.3) is 0 Å². The molecule has 0 bridgehead atoms. The molecule has 1 aliphatic heterocycles. The number of amides is 1. The third-order valence-electron chi connectivity index (χ3n) is 4.32. The summed E-state index contributed by atoms with van der Waals surface area (Å²) in [6.45, 7) is 11.0. The molecule has 0 saturated carbocycles. The lowest BCUT2D eigenvalue weighted by atomic mass is 9.87. The normalized spacial score (nSPS) is 19.1. The van der Waals surface area contributed by atoms with E-state index < -0.39 is 15.1 Å². The average Bonchev–Trinajstić information content (AvgIpc) is 2.46. The highest BCUT2D eigenvalue weighted by Crippen LogP contribution is 2.24. The van der Waals surface area contributed by atoms with Gasteiger partial charge in [-0.05, 0) is 44.1 Å². The van der Waals surface area contributed by atoms with Crippen LogP contribution in [0.4, 0.5) is 0 Å². The monoisotopic (exact) mass is 313 g/mol. The maximum Gasteiger partial charge on any atom is 0.246 e. The minimum absolute atomic E-state index is 0.0135. The summed E-state index contributed by atoms with van der Waals surface area (Å²) in [5, 5.41) is 0.440. The SMILES string of the molecule is C=CS(=O)(=O)C(C)C/C=C/C(=O)N1CCC(C(C)C)CC1. The third-order valence-corrected chi connectivity index (χ3v) is 6.09. The van der Waals surface area contributed by atoms with Gasteiger partial charge in [0.15, 0.2) is 9.84 Å². The van der Waals surface area contributed by atoms with E-state index in [4.69, 9.17) is 0 Å². The van der Waals surface area contributed by atoms with Crippen LogP contribution < -0.4 is 0 Å². The summed E-state index contributed by atoms with van der Waals surface area (Å²) < 4.78 is 23.1. The number of hydrogen-bond donors (Lipinski definition) is 0. The lowest BCUT2D eigenvalue weighted by Crippen LogP contribution is -2.38. The number of rotatable bonds is 6.